The second kappa shape index (κ2) is 4.00. The molecule has 5 heteroatoms. The fourth-order valence-electron chi connectivity index (χ4n) is 1.44. The van der Waals surface area contributed by atoms with Crippen LogP contribution in [0.3, 0.4) is 0 Å². The molecule has 1 aromatic rings. The van der Waals surface area contributed by atoms with Crippen LogP contribution in [-0.2, 0) is 7.05 Å². The maximum Gasteiger partial charge on any atom is 0.144 e. The van der Waals surface area contributed by atoms with E-state index in [1.54, 1.807) is 10.9 Å². The summed E-state index contributed by atoms with van der Waals surface area (Å²) in [5.74, 6) is 4.44. The lowest BCUT2D eigenvalue weighted by molar-refractivity contribution is 0.624. The van der Waals surface area contributed by atoms with Crippen molar-refractivity contribution in [1.82, 2.24) is 15.0 Å². The summed E-state index contributed by atoms with van der Waals surface area (Å²) in [6.07, 6.45) is 3.10. The number of hydrogen-bond donors (Lipinski definition) is 1. The summed E-state index contributed by atoms with van der Waals surface area (Å²) in [5, 5.41) is 11.0. The highest BCUT2D eigenvalue weighted by Crippen LogP contribution is 2.23. The molecule has 4 nitrogen and oxygen atoms in total. The van der Waals surface area contributed by atoms with E-state index in [4.69, 9.17) is 0 Å². The second-order valence-electron chi connectivity index (χ2n) is 3.35. The molecule has 0 saturated carbocycles. The van der Waals surface area contributed by atoms with Gasteiger partial charge in [-0.2, -0.15) is 11.8 Å². The summed E-state index contributed by atoms with van der Waals surface area (Å²) >= 11 is 2.05. The molecule has 72 valence electrons. The van der Waals surface area contributed by atoms with Crippen molar-refractivity contribution >= 4 is 17.6 Å². The summed E-state index contributed by atoms with van der Waals surface area (Å²) < 4.78 is 1.77. The molecule has 1 aliphatic rings. The highest BCUT2D eigenvalue weighted by Gasteiger charge is 2.15. The van der Waals surface area contributed by atoms with E-state index in [1.807, 2.05) is 18.8 Å². The van der Waals surface area contributed by atoms with Crippen LogP contribution in [0.4, 0.5) is 5.82 Å². The van der Waals surface area contributed by atoms with Crippen molar-refractivity contribution in [1.29, 1.82) is 0 Å². The van der Waals surface area contributed by atoms with Gasteiger partial charge in [0.05, 0.1) is 6.20 Å². The topological polar surface area (TPSA) is 42.7 Å². The molecule has 0 bridgehead atoms. The second-order valence-corrected chi connectivity index (χ2v) is 4.50. The van der Waals surface area contributed by atoms with Gasteiger partial charge >= 0.3 is 0 Å². The van der Waals surface area contributed by atoms with E-state index < -0.39 is 0 Å². The highest BCUT2D eigenvalue weighted by atomic mass is 32.2. The number of aryl methyl sites for hydroxylation is 1. The van der Waals surface area contributed by atoms with Crippen LogP contribution in [0.15, 0.2) is 6.20 Å². The Hall–Kier alpha value is -0.710. The van der Waals surface area contributed by atoms with E-state index in [2.05, 4.69) is 15.6 Å². The molecule has 0 radical (unpaired) electrons. The Kier molecular flexibility index (Phi) is 2.73. The first kappa shape index (κ1) is 8.87. The number of nitrogens with zero attached hydrogens (tertiary/aromatic N) is 3. The first-order valence-electron chi connectivity index (χ1n) is 4.52. The fraction of sp³-hybridized carbons (Fsp3) is 0.750. The number of rotatable bonds is 3. The zero-order valence-corrected chi connectivity index (χ0v) is 8.55. The van der Waals surface area contributed by atoms with Crippen molar-refractivity contribution in [2.75, 3.05) is 23.4 Å². The van der Waals surface area contributed by atoms with Crippen molar-refractivity contribution in [2.24, 2.45) is 13.0 Å². The minimum Gasteiger partial charge on any atom is -0.369 e. The largest absolute Gasteiger partial charge is 0.369 e. The lowest BCUT2D eigenvalue weighted by atomic mass is 10.1. The van der Waals surface area contributed by atoms with Crippen LogP contribution in [0.25, 0.3) is 0 Å². The summed E-state index contributed by atoms with van der Waals surface area (Å²) in [6.45, 7) is 1.05. The van der Waals surface area contributed by atoms with Crippen LogP contribution >= 0.6 is 11.8 Å². The van der Waals surface area contributed by atoms with Gasteiger partial charge in [-0.3, -0.25) is 0 Å². The van der Waals surface area contributed by atoms with E-state index in [-0.39, 0.29) is 0 Å². The maximum absolute atomic E-state index is 3.86. The molecule has 1 saturated heterocycles. The normalized spacial score (nSPS) is 22.1. The molecule has 1 unspecified atom stereocenters. The van der Waals surface area contributed by atoms with Gasteiger partial charge in [0.1, 0.15) is 5.82 Å². The first-order valence-corrected chi connectivity index (χ1v) is 5.68. The Labute approximate surface area is 82.1 Å². The number of nitrogens with one attached hydrogen (secondary N) is 1. The smallest absolute Gasteiger partial charge is 0.144 e. The molecular formula is C8H14N4S. The Balaban J connectivity index is 1.82. The number of thioether (sulfide) groups is 1. The van der Waals surface area contributed by atoms with Crippen LogP contribution in [0.5, 0.6) is 0 Å². The zero-order valence-electron chi connectivity index (χ0n) is 7.73. The van der Waals surface area contributed by atoms with Gasteiger partial charge in [-0.15, -0.1) is 5.10 Å². The molecule has 1 atom stereocenters. The van der Waals surface area contributed by atoms with Gasteiger partial charge in [-0.25, -0.2) is 4.68 Å². The van der Waals surface area contributed by atoms with Crippen LogP contribution in [0.1, 0.15) is 6.42 Å². The maximum atomic E-state index is 3.86. The molecule has 0 spiro atoms. The van der Waals surface area contributed by atoms with Gasteiger partial charge in [0, 0.05) is 13.6 Å². The van der Waals surface area contributed by atoms with Crippen molar-refractivity contribution in [3.05, 3.63) is 6.20 Å². The Morgan fingerprint density at radius 3 is 3.31 bits per heavy atom. The third kappa shape index (κ3) is 2.15. The van der Waals surface area contributed by atoms with Crippen LogP contribution in [0.2, 0.25) is 0 Å². The van der Waals surface area contributed by atoms with Crippen LogP contribution in [-0.4, -0.2) is 33.0 Å². The number of anilines is 1. The molecule has 0 aromatic carbocycles. The van der Waals surface area contributed by atoms with Crippen LogP contribution < -0.4 is 5.32 Å². The van der Waals surface area contributed by atoms with Gasteiger partial charge in [0.25, 0.3) is 0 Å². The molecule has 2 heterocycles. The van der Waals surface area contributed by atoms with E-state index in [9.17, 15) is 0 Å². The summed E-state index contributed by atoms with van der Waals surface area (Å²) in [7, 11) is 1.90. The minimum atomic E-state index is 0.819. The number of hydrogen-bond acceptors (Lipinski definition) is 4. The fourth-order valence-corrected chi connectivity index (χ4v) is 2.73. The van der Waals surface area contributed by atoms with Gasteiger partial charge in [-0.1, -0.05) is 5.21 Å². The lowest BCUT2D eigenvalue weighted by Crippen LogP contribution is -2.15. The molecule has 2 rings (SSSR count). The standard InChI is InChI=1S/C8H14N4S/c1-12-8(5-10-11-12)9-4-7-2-3-13-6-7/h5,7,9H,2-4,6H2,1H3. The highest BCUT2D eigenvalue weighted by molar-refractivity contribution is 7.99. The summed E-state index contributed by atoms with van der Waals surface area (Å²) in [6, 6.07) is 0. The van der Waals surface area contributed by atoms with E-state index in [0.717, 1.165) is 18.3 Å². The molecule has 1 aromatic heterocycles. The van der Waals surface area contributed by atoms with Crippen molar-refractivity contribution in [2.45, 2.75) is 6.42 Å². The third-order valence-corrected chi connectivity index (χ3v) is 3.54. The van der Waals surface area contributed by atoms with E-state index in [1.165, 1.54) is 17.9 Å². The predicted octanol–water partition coefficient (Wildman–Crippen LogP) is 0.980. The molecule has 1 N–H and O–H groups in total. The molecular weight excluding hydrogens is 184 g/mol. The third-order valence-electron chi connectivity index (χ3n) is 2.31. The average Bonchev–Trinajstić information content (AvgIpc) is 2.72. The molecule has 0 amide bonds. The van der Waals surface area contributed by atoms with Gasteiger partial charge in [0.15, 0.2) is 0 Å². The van der Waals surface area contributed by atoms with E-state index in [0.29, 0.717) is 0 Å². The monoisotopic (exact) mass is 198 g/mol. The van der Waals surface area contributed by atoms with Gasteiger partial charge < -0.3 is 5.32 Å². The van der Waals surface area contributed by atoms with Crippen molar-refractivity contribution in [3.8, 4) is 0 Å². The van der Waals surface area contributed by atoms with Crippen molar-refractivity contribution in [3.63, 3.8) is 0 Å². The summed E-state index contributed by atoms with van der Waals surface area (Å²) in [4.78, 5) is 0. The predicted molar refractivity (Wildman–Crippen MR) is 54.9 cm³/mol. The summed E-state index contributed by atoms with van der Waals surface area (Å²) in [5.41, 5.74) is 0. The Bertz CT molecular complexity index is 267. The van der Waals surface area contributed by atoms with Crippen LogP contribution in [0, 0.1) is 5.92 Å². The Morgan fingerprint density at radius 1 is 1.77 bits per heavy atom. The lowest BCUT2D eigenvalue weighted by Gasteiger charge is -2.09. The first-order chi connectivity index (χ1) is 6.36. The van der Waals surface area contributed by atoms with Gasteiger partial charge in [0.2, 0.25) is 0 Å². The van der Waals surface area contributed by atoms with E-state index >= 15 is 0 Å². The zero-order chi connectivity index (χ0) is 9.10. The molecule has 1 fully saturated rings. The minimum absolute atomic E-state index is 0.819. The SMILES string of the molecule is Cn1nncc1NCC1CCSC1. The number of aromatic nitrogens is 3. The average molecular weight is 198 g/mol. The molecule has 1 aliphatic heterocycles. The van der Waals surface area contributed by atoms with Gasteiger partial charge in [-0.05, 0) is 23.8 Å². The quantitative estimate of drug-likeness (QED) is 0.786. The molecule has 13 heavy (non-hydrogen) atoms. The molecule has 0 aliphatic carbocycles. The Morgan fingerprint density at radius 2 is 2.69 bits per heavy atom. The van der Waals surface area contributed by atoms with Crippen molar-refractivity contribution < 1.29 is 0 Å².